The lowest BCUT2D eigenvalue weighted by Gasteiger charge is -2.35. The summed E-state index contributed by atoms with van der Waals surface area (Å²) in [6.45, 7) is 3.66. The predicted octanol–water partition coefficient (Wildman–Crippen LogP) is 0.443. The van der Waals surface area contributed by atoms with Gasteiger partial charge in [-0.2, -0.15) is 0 Å². The summed E-state index contributed by atoms with van der Waals surface area (Å²) < 4.78 is 5.29. The fourth-order valence-corrected chi connectivity index (χ4v) is 3.55. The first-order valence-electron chi connectivity index (χ1n) is 9.58. The lowest BCUT2D eigenvalue weighted by Crippen LogP contribution is -2.49. The first-order valence-corrected chi connectivity index (χ1v) is 9.58. The molecule has 1 N–H and O–H groups in total. The van der Waals surface area contributed by atoms with Gasteiger partial charge in [-0.1, -0.05) is 30.3 Å². The van der Waals surface area contributed by atoms with E-state index in [9.17, 15) is 14.4 Å². The Kier molecular flexibility index (Phi) is 6.81. The summed E-state index contributed by atoms with van der Waals surface area (Å²) >= 11 is 0. The number of piperidine rings is 1. The Bertz CT molecular complexity index is 650. The smallest absolute Gasteiger partial charge is 0.241 e. The quantitative estimate of drug-likeness (QED) is 0.813. The molecular formula is C20H27N3O4. The molecule has 0 bridgehead atoms. The second kappa shape index (κ2) is 9.50. The van der Waals surface area contributed by atoms with E-state index in [0.29, 0.717) is 52.2 Å². The van der Waals surface area contributed by atoms with E-state index in [-0.39, 0.29) is 36.6 Å². The summed E-state index contributed by atoms with van der Waals surface area (Å²) in [6, 6.07) is 9.44. The van der Waals surface area contributed by atoms with Crippen LogP contribution in [0.2, 0.25) is 0 Å². The van der Waals surface area contributed by atoms with E-state index in [4.69, 9.17) is 4.74 Å². The van der Waals surface area contributed by atoms with E-state index in [1.807, 2.05) is 35.2 Å². The fraction of sp³-hybridized carbons (Fsp3) is 0.550. The van der Waals surface area contributed by atoms with Crippen LogP contribution in [0.25, 0.3) is 0 Å². The van der Waals surface area contributed by atoms with Gasteiger partial charge in [0.15, 0.2) is 0 Å². The fourth-order valence-electron chi connectivity index (χ4n) is 3.55. The van der Waals surface area contributed by atoms with Crippen LogP contribution in [-0.2, 0) is 25.5 Å². The van der Waals surface area contributed by atoms with Gasteiger partial charge < -0.3 is 19.9 Å². The summed E-state index contributed by atoms with van der Waals surface area (Å²) in [5.74, 6) is -0.0815. The number of hydrogen-bond acceptors (Lipinski definition) is 4. The van der Waals surface area contributed by atoms with Crippen molar-refractivity contribution in [2.45, 2.75) is 19.3 Å². The molecule has 146 valence electrons. The maximum atomic E-state index is 12.5. The summed E-state index contributed by atoms with van der Waals surface area (Å²) in [5, 5.41) is 2.69. The molecule has 1 aromatic carbocycles. The SMILES string of the molecule is O=C(Cc1ccccc1)NCC(=O)N1CCC(C(=O)N2CCOCC2)CC1. The van der Waals surface area contributed by atoms with Crippen molar-refractivity contribution < 1.29 is 19.1 Å². The molecule has 7 heteroatoms. The number of likely N-dealkylation sites (tertiary alicyclic amines) is 1. The number of hydrogen-bond donors (Lipinski definition) is 1. The van der Waals surface area contributed by atoms with Gasteiger partial charge in [0.1, 0.15) is 0 Å². The molecule has 7 nitrogen and oxygen atoms in total. The van der Waals surface area contributed by atoms with Crippen molar-refractivity contribution in [1.82, 2.24) is 15.1 Å². The second-order valence-electron chi connectivity index (χ2n) is 7.03. The molecule has 0 aliphatic carbocycles. The number of carbonyl (C=O) groups is 3. The largest absolute Gasteiger partial charge is 0.378 e. The van der Waals surface area contributed by atoms with Crippen LogP contribution in [0.5, 0.6) is 0 Å². The molecule has 2 heterocycles. The van der Waals surface area contributed by atoms with Gasteiger partial charge in [0, 0.05) is 32.1 Å². The summed E-state index contributed by atoms with van der Waals surface area (Å²) in [4.78, 5) is 40.4. The van der Waals surface area contributed by atoms with Gasteiger partial charge in [0.25, 0.3) is 0 Å². The number of morpholine rings is 1. The Hall–Kier alpha value is -2.41. The number of amides is 3. The number of nitrogens with one attached hydrogen (secondary N) is 1. The third-order valence-corrected chi connectivity index (χ3v) is 5.16. The lowest BCUT2D eigenvalue weighted by atomic mass is 9.95. The van der Waals surface area contributed by atoms with E-state index in [2.05, 4.69) is 5.32 Å². The first-order chi connectivity index (χ1) is 13.1. The van der Waals surface area contributed by atoms with Gasteiger partial charge in [-0.25, -0.2) is 0 Å². The van der Waals surface area contributed by atoms with Crippen molar-refractivity contribution in [1.29, 1.82) is 0 Å². The van der Waals surface area contributed by atoms with Gasteiger partial charge in [0.05, 0.1) is 26.2 Å². The van der Waals surface area contributed by atoms with Crippen LogP contribution in [0, 0.1) is 5.92 Å². The number of nitrogens with zero attached hydrogens (tertiary/aromatic N) is 2. The van der Waals surface area contributed by atoms with Crippen molar-refractivity contribution >= 4 is 17.7 Å². The van der Waals surface area contributed by atoms with Crippen LogP contribution in [0.15, 0.2) is 30.3 Å². The van der Waals surface area contributed by atoms with E-state index in [0.717, 1.165) is 5.56 Å². The molecule has 0 atom stereocenters. The average Bonchev–Trinajstić information content (AvgIpc) is 2.73. The van der Waals surface area contributed by atoms with E-state index < -0.39 is 0 Å². The minimum atomic E-state index is -0.160. The molecular weight excluding hydrogens is 346 g/mol. The maximum Gasteiger partial charge on any atom is 0.241 e. The molecule has 27 heavy (non-hydrogen) atoms. The normalized spacial score (nSPS) is 18.2. The zero-order valence-electron chi connectivity index (χ0n) is 15.6. The van der Waals surface area contributed by atoms with Gasteiger partial charge in [-0.3, -0.25) is 14.4 Å². The summed E-state index contributed by atoms with van der Waals surface area (Å²) in [7, 11) is 0. The molecule has 2 saturated heterocycles. The van der Waals surface area contributed by atoms with Crippen LogP contribution in [-0.4, -0.2) is 73.5 Å². The van der Waals surface area contributed by atoms with Crippen molar-refractivity contribution in [2.75, 3.05) is 45.9 Å². The molecule has 3 amide bonds. The highest BCUT2D eigenvalue weighted by Gasteiger charge is 2.30. The number of benzene rings is 1. The molecule has 0 aromatic heterocycles. The van der Waals surface area contributed by atoms with Crippen LogP contribution in [0.1, 0.15) is 18.4 Å². The molecule has 1 aromatic rings. The predicted molar refractivity (Wildman–Crippen MR) is 99.9 cm³/mol. The molecule has 0 radical (unpaired) electrons. The van der Waals surface area contributed by atoms with E-state index >= 15 is 0 Å². The highest BCUT2D eigenvalue weighted by molar-refractivity contribution is 5.86. The van der Waals surface area contributed by atoms with E-state index in [1.165, 1.54) is 0 Å². The molecule has 0 unspecified atom stereocenters. The highest BCUT2D eigenvalue weighted by atomic mass is 16.5. The lowest BCUT2D eigenvalue weighted by molar-refractivity contribution is -0.143. The van der Waals surface area contributed by atoms with Crippen LogP contribution in [0.4, 0.5) is 0 Å². The van der Waals surface area contributed by atoms with Crippen molar-refractivity contribution in [3.05, 3.63) is 35.9 Å². The van der Waals surface area contributed by atoms with Crippen molar-refractivity contribution in [3.8, 4) is 0 Å². The topological polar surface area (TPSA) is 79.0 Å². The standard InChI is InChI=1S/C20H27N3O4/c24-18(14-16-4-2-1-3-5-16)21-15-19(25)22-8-6-17(7-9-22)20(26)23-10-12-27-13-11-23/h1-5,17H,6-15H2,(H,21,24). The third-order valence-electron chi connectivity index (χ3n) is 5.16. The highest BCUT2D eigenvalue weighted by Crippen LogP contribution is 2.20. The third kappa shape index (κ3) is 5.53. The van der Waals surface area contributed by atoms with Crippen LogP contribution >= 0.6 is 0 Å². The number of carbonyl (C=O) groups excluding carboxylic acids is 3. The molecule has 2 fully saturated rings. The monoisotopic (exact) mass is 373 g/mol. The zero-order chi connectivity index (χ0) is 19.1. The van der Waals surface area contributed by atoms with Crippen molar-refractivity contribution in [2.24, 2.45) is 5.92 Å². The van der Waals surface area contributed by atoms with Gasteiger partial charge in [0.2, 0.25) is 17.7 Å². The Morgan fingerprint density at radius 1 is 0.963 bits per heavy atom. The Morgan fingerprint density at radius 3 is 2.30 bits per heavy atom. The maximum absolute atomic E-state index is 12.5. The zero-order valence-corrected chi connectivity index (χ0v) is 15.6. The number of rotatable bonds is 5. The van der Waals surface area contributed by atoms with Crippen molar-refractivity contribution in [3.63, 3.8) is 0 Å². The second-order valence-corrected chi connectivity index (χ2v) is 7.03. The molecule has 0 saturated carbocycles. The Labute approximate surface area is 159 Å². The van der Waals surface area contributed by atoms with Gasteiger partial charge in [-0.15, -0.1) is 0 Å². The van der Waals surface area contributed by atoms with Gasteiger partial charge >= 0.3 is 0 Å². The Balaban J connectivity index is 1.38. The van der Waals surface area contributed by atoms with Gasteiger partial charge in [-0.05, 0) is 18.4 Å². The number of ether oxygens (including phenoxy) is 1. The molecule has 2 aliphatic rings. The first kappa shape index (κ1) is 19.4. The van der Waals surface area contributed by atoms with Crippen LogP contribution in [0.3, 0.4) is 0 Å². The summed E-state index contributed by atoms with van der Waals surface area (Å²) in [6.07, 6.45) is 1.63. The molecule has 3 rings (SSSR count). The molecule has 2 aliphatic heterocycles. The van der Waals surface area contributed by atoms with E-state index in [1.54, 1.807) is 4.90 Å². The summed E-state index contributed by atoms with van der Waals surface area (Å²) in [5.41, 5.74) is 0.921. The Morgan fingerprint density at radius 2 is 1.63 bits per heavy atom. The minimum Gasteiger partial charge on any atom is -0.378 e. The minimum absolute atomic E-state index is 0.00768. The average molecular weight is 373 g/mol. The van der Waals surface area contributed by atoms with Crippen LogP contribution < -0.4 is 5.32 Å². The molecule has 0 spiro atoms.